The SMILES string of the molecule is Cc1nc2c(c(=O)[nH]1)CN(C1CSCCSC1)C2. The third-order valence-corrected chi connectivity index (χ3v) is 5.93. The molecule has 3 rings (SSSR count). The Morgan fingerprint density at radius 2 is 2.00 bits per heavy atom. The van der Waals surface area contributed by atoms with Crippen LogP contribution in [0.2, 0.25) is 0 Å². The van der Waals surface area contributed by atoms with E-state index in [1.165, 1.54) is 23.0 Å². The Balaban J connectivity index is 1.79. The van der Waals surface area contributed by atoms with Crippen molar-refractivity contribution in [2.45, 2.75) is 26.1 Å². The van der Waals surface area contributed by atoms with Crippen LogP contribution in [0.25, 0.3) is 0 Å². The van der Waals surface area contributed by atoms with Crippen LogP contribution in [0.5, 0.6) is 0 Å². The van der Waals surface area contributed by atoms with Crippen molar-refractivity contribution in [2.24, 2.45) is 0 Å². The second kappa shape index (κ2) is 5.27. The summed E-state index contributed by atoms with van der Waals surface area (Å²) >= 11 is 4.06. The highest BCUT2D eigenvalue weighted by Crippen LogP contribution is 2.26. The van der Waals surface area contributed by atoms with Crippen molar-refractivity contribution >= 4 is 23.5 Å². The van der Waals surface area contributed by atoms with Crippen molar-refractivity contribution in [3.8, 4) is 0 Å². The molecule has 6 heteroatoms. The first-order valence-corrected chi connectivity index (χ1v) is 8.53. The average molecular weight is 283 g/mol. The minimum absolute atomic E-state index is 0.0499. The van der Waals surface area contributed by atoms with Gasteiger partial charge in [-0.1, -0.05) is 0 Å². The highest BCUT2D eigenvalue weighted by Gasteiger charge is 2.29. The second-order valence-corrected chi connectivity index (χ2v) is 7.08. The maximum atomic E-state index is 11.9. The van der Waals surface area contributed by atoms with Crippen LogP contribution in [0, 0.1) is 6.92 Å². The van der Waals surface area contributed by atoms with Crippen LogP contribution in [-0.4, -0.2) is 43.9 Å². The lowest BCUT2D eigenvalue weighted by Crippen LogP contribution is -2.34. The molecule has 18 heavy (non-hydrogen) atoms. The molecule has 1 aromatic rings. The molecule has 0 aliphatic carbocycles. The number of nitrogens with one attached hydrogen (secondary N) is 1. The van der Waals surface area contributed by atoms with Gasteiger partial charge in [0.2, 0.25) is 0 Å². The maximum Gasteiger partial charge on any atom is 0.255 e. The number of H-pyrrole nitrogens is 1. The molecule has 0 spiro atoms. The summed E-state index contributed by atoms with van der Waals surface area (Å²) in [6, 6.07) is 0.580. The number of thioether (sulfide) groups is 2. The van der Waals surface area contributed by atoms with E-state index in [1.54, 1.807) is 0 Å². The molecule has 1 saturated heterocycles. The van der Waals surface area contributed by atoms with E-state index in [1.807, 2.05) is 30.4 Å². The quantitative estimate of drug-likeness (QED) is 0.840. The van der Waals surface area contributed by atoms with Crippen molar-refractivity contribution in [2.75, 3.05) is 23.0 Å². The molecule has 0 saturated carbocycles. The summed E-state index contributed by atoms with van der Waals surface area (Å²) in [5, 5.41) is 0. The van der Waals surface area contributed by atoms with Crippen LogP contribution in [0.1, 0.15) is 17.1 Å². The van der Waals surface area contributed by atoms with Gasteiger partial charge in [0, 0.05) is 42.1 Å². The zero-order chi connectivity index (χ0) is 12.5. The monoisotopic (exact) mass is 283 g/mol. The number of rotatable bonds is 1. The third kappa shape index (κ3) is 2.46. The van der Waals surface area contributed by atoms with Crippen LogP contribution in [-0.2, 0) is 13.1 Å². The minimum atomic E-state index is 0.0499. The molecule has 0 aromatic carbocycles. The summed E-state index contributed by atoms with van der Waals surface area (Å²) in [5.74, 6) is 5.58. The molecular weight excluding hydrogens is 266 g/mol. The summed E-state index contributed by atoms with van der Waals surface area (Å²) in [7, 11) is 0. The molecule has 0 amide bonds. The lowest BCUT2D eigenvalue weighted by atomic mass is 10.3. The molecule has 2 aliphatic heterocycles. The molecule has 98 valence electrons. The Morgan fingerprint density at radius 3 is 2.72 bits per heavy atom. The topological polar surface area (TPSA) is 49.0 Å². The van der Waals surface area contributed by atoms with Crippen LogP contribution in [0.3, 0.4) is 0 Å². The van der Waals surface area contributed by atoms with Crippen molar-refractivity contribution < 1.29 is 0 Å². The molecule has 0 radical (unpaired) electrons. The first-order chi connectivity index (χ1) is 8.74. The Labute approximate surface area is 115 Å². The van der Waals surface area contributed by atoms with Crippen LogP contribution in [0.4, 0.5) is 0 Å². The van der Waals surface area contributed by atoms with Gasteiger partial charge in [0.25, 0.3) is 5.56 Å². The largest absolute Gasteiger partial charge is 0.310 e. The van der Waals surface area contributed by atoms with E-state index in [0.717, 1.165) is 30.2 Å². The van der Waals surface area contributed by atoms with Gasteiger partial charge >= 0.3 is 0 Å². The molecular formula is C12H17N3OS2. The summed E-state index contributed by atoms with van der Waals surface area (Å²) in [6.45, 7) is 3.46. The highest BCUT2D eigenvalue weighted by molar-refractivity contribution is 8.03. The predicted octanol–water partition coefficient (Wildman–Crippen LogP) is 1.24. The third-order valence-electron chi connectivity index (χ3n) is 3.44. The number of aryl methyl sites for hydroxylation is 1. The van der Waals surface area contributed by atoms with Crippen LogP contribution >= 0.6 is 23.5 Å². The van der Waals surface area contributed by atoms with Gasteiger partial charge in [-0.2, -0.15) is 23.5 Å². The maximum absolute atomic E-state index is 11.9. The predicted molar refractivity (Wildman–Crippen MR) is 77.3 cm³/mol. The lowest BCUT2D eigenvalue weighted by molar-refractivity contribution is 0.233. The fourth-order valence-electron chi connectivity index (χ4n) is 2.49. The molecule has 1 N–H and O–H groups in total. The van der Waals surface area contributed by atoms with E-state index in [9.17, 15) is 4.79 Å². The summed E-state index contributed by atoms with van der Waals surface area (Å²) < 4.78 is 0. The highest BCUT2D eigenvalue weighted by atomic mass is 32.2. The van der Waals surface area contributed by atoms with E-state index in [-0.39, 0.29) is 5.56 Å². The second-order valence-electron chi connectivity index (χ2n) is 4.79. The fourth-order valence-corrected chi connectivity index (χ4v) is 5.11. The number of aromatic nitrogens is 2. The van der Waals surface area contributed by atoms with Gasteiger partial charge < -0.3 is 4.98 Å². The molecule has 1 fully saturated rings. The van der Waals surface area contributed by atoms with E-state index in [2.05, 4.69) is 14.9 Å². The number of nitrogens with zero attached hydrogens (tertiary/aromatic N) is 2. The normalized spacial score (nSPS) is 21.8. The van der Waals surface area contributed by atoms with E-state index in [0.29, 0.717) is 6.04 Å². The summed E-state index contributed by atoms with van der Waals surface area (Å²) in [4.78, 5) is 21.6. The van der Waals surface area contributed by atoms with Gasteiger partial charge in [-0.25, -0.2) is 4.98 Å². The smallest absolute Gasteiger partial charge is 0.255 e. The van der Waals surface area contributed by atoms with Crippen molar-refractivity contribution in [3.05, 3.63) is 27.4 Å². The van der Waals surface area contributed by atoms with Crippen molar-refractivity contribution in [1.29, 1.82) is 0 Å². The molecule has 3 heterocycles. The lowest BCUT2D eigenvalue weighted by Gasteiger charge is -2.24. The Morgan fingerprint density at radius 1 is 1.28 bits per heavy atom. The molecule has 4 nitrogen and oxygen atoms in total. The Kier molecular flexibility index (Phi) is 3.68. The van der Waals surface area contributed by atoms with Crippen LogP contribution in [0.15, 0.2) is 4.79 Å². The first kappa shape index (κ1) is 12.6. The summed E-state index contributed by atoms with van der Waals surface area (Å²) in [5.41, 5.74) is 1.91. The van der Waals surface area contributed by atoms with Gasteiger partial charge in [-0.15, -0.1) is 0 Å². The number of hydrogen-bond donors (Lipinski definition) is 1. The Hall–Kier alpha value is -0.460. The molecule has 0 bridgehead atoms. The molecule has 1 aromatic heterocycles. The van der Waals surface area contributed by atoms with Gasteiger partial charge in [0.15, 0.2) is 0 Å². The fraction of sp³-hybridized carbons (Fsp3) is 0.667. The van der Waals surface area contributed by atoms with Crippen molar-refractivity contribution in [3.63, 3.8) is 0 Å². The number of fused-ring (bicyclic) bond motifs is 1. The van der Waals surface area contributed by atoms with Gasteiger partial charge in [0.1, 0.15) is 5.82 Å². The van der Waals surface area contributed by atoms with Gasteiger partial charge in [-0.05, 0) is 6.92 Å². The Bertz CT molecular complexity index is 495. The minimum Gasteiger partial charge on any atom is -0.310 e. The molecule has 2 aliphatic rings. The number of hydrogen-bond acceptors (Lipinski definition) is 5. The van der Waals surface area contributed by atoms with Gasteiger partial charge in [0.05, 0.1) is 11.3 Å². The zero-order valence-corrected chi connectivity index (χ0v) is 12.1. The van der Waals surface area contributed by atoms with Crippen molar-refractivity contribution in [1.82, 2.24) is 14.9 Å². The molecule has 0 atom stereocenters. The van der Waals surface area contributed by atoms with E-state index >= 15 is 0 Å². The zero-order valence-electron chi connectivity index (χ0n) is 10.4. The average Bonchev–Trinajstić information content (AvgIpc) is 2.59. The standard InChI is InChI=1S/C12H17N3OS2/c1-8-13-11-5-15(4-10(11)12(16)14-8)9-6-17-2-3-18-7-9/h9H,2-7H2,1H3,(H,13,14,16). The summed E-state index contributed by atoms with van der Waals surface area (Å²) in [6.07, 6.45) is 0. The molecule has 0 unspecified atom stereocenters. The van der Waals surface area contributed by atoms with Crippen LogP contribution < -0.4 is 5.56 Å². The number of aromatic amines is 1. The first-order valence-electron chi connectivity index (χ1n) is 6.22. The van der Waals surface area contributed by atoms with E-state index in [4.69, 9.17) is 0 Å². The van der Waals surface area contributed by atoms with E-state index < -0.39 is 0 Å². The van der Waals surface area contributed by atoms with Gasteiger partial charge in [-0.3, -0.25) is 9.69 Å².